The minimum atomic E-state index is -3.73. The molecule has 0 aromatic heterocycles. The van der Waals surface area contributed by atoms with Crippen molar-refractivity contribution in [3.8, 4) is 5.75 Å². The first-order chi connectivity index (χ1) is 11.8. The lowest BCUT2D eigenvalue weighted by molar-refractivity contribution is -0.312. The van der Waals surface area contributed by atoms with E-state index in [0.717, 1.165) is 5.56 Å². The molecule has 25 heavy (non-hydrogen) atoms. The van der Waals surface area contributed by atoms with Gasteiger partial charge in [0.05, 0.1) is 17.1 Å². The van der Waals surface area contributed by atoms with Crippen molar-refractivity contribution in [3.05, 3.63) is 59.7 Å². The van der Waals surface area contributed by atoms with Crippen LogP contribution in [0.4, 0.5) is 0 Å². The van der Waals surface area contributed by atoms with Crippen LogP contribution < -0.4 is 14.7 Å². The number of nitrogens with one attached hydrogen (secondary N) is 1. The van der Waals surface area contributed by atoms with Crippen LogP contribution in [0.1, 0.15) is 18.1 Å². The maximum atomic E-state index is 12.1. The summed E-state index contributed by atoms with van der Waals surface area (Å²) in [6, 6.07) is 12.7. The van der Waals surface area contributed by atoms with Gasteiger partial charge in [0, 0.05) is 0 Å². The fraction of sp³-hybridized carbons (Fsp3) is 0.176. The molecule has 7 nitrogen and oxygen atoms in total. The highest BCUT2D eigenvalue weighted by atomic mass is 32.2. The summed E-state index contributed by atoms with van der Waals surface area (Å²) in [5.41, 5.74) is 1.57. The molecule has 132 valence electrons. The van der Waals surface area contributed by atoms with Crippen molar-refractivity contribution in [2.75, 3.05) is 0 Å². The van der Waals surface area contributed by atoms with Crippen LogP contribution in [0.25, 0.3) is 0 Å². The van der Waals surface area contributed by atoms with Crippen LogP contribution in [0, 0.1) is 6.92 Å². The molecule has 2 rings (SSSR count). The molecule has 0 spiro atoms. The Morgan fingerprint density at radius 1 is 1.16 bits per heavy atom. The van der Waals surface area contributed by atoms with Crippen LogP contribution in [0.5, 0.6) is 5.75 Å². The van der Waals surface area contributed by atoms with Gasteiger partial charge in [-0.25, -0.2) is 4.83 Å². The van der Waals surface area contributed by atoms with Crippen LogP contribution in [-0.2, 0) is 14.8 Å². The smallest absolute Gasteiger partial charge is 0.276 e. The van der Waals surface area contributed by atoms with E-state index < -0.39 is 22.1 Å². The van der Waals surface area contributed by atoms with Crippen LogP contribution in [0.2, 0.25) is 0 Å². The molecule has 0 aliphatic rings. The largest absolute Gasteiger partial charge is 0.546 e. The van der Waals surface area contributed by atoms with E-state index in [4.69, 9.17) is 4.74 Å². The van der Waals surface area contributed by atoms with E-state index >= 15 is 0 Å². The molecule has 0 bridgehead atoms. The number of rotatable bonds is 7. The number of nitrogens with zero attached hydrogens (tertiary/aromatic N) is 1. The number of aliphatic carboxylic acids is 1. The van der Waals surface area contributed by atoms with Gasteiger partial charge in [0.2, 0.25) is 0 Å². The van der Waals surface area contributed by atoms with Crippen molar-refractivity contribution in [2.45, 2.75) is 24.8 Å². The van der Waals surface area contributed by atoms with Gasteiger partial charge in [0.1, 0.15) is 11.9 Å². The Bertz CT molecular complexity index is 859. The van der Waals surface area contributed by atoms with E-state index in [0.29, 0.717) is 11.3 Å². The molecule has 0 saturated carbocycles. The summed E-state index contributed by atoms with van der Waals surface area (Å²) in [5.74, 6) is -0.953. The van der Waals surface area contributed by atoms with Gasteiger partial charge in [0.15, 0.2) is 0 Å². The average Bonchev–Trinajstić information content (AvgIpc) is 2.56. The first-order valence-electron chi connectivity index (χ1n) is 7.37. The van der Waals surface area contributed by atoms with E-state index in [1.54, 1.807) is 36.4 Å². The number of carboxylic acids is 1. The Balaban J connectivity index is 1.99. The molecular formula is C17H17N2O5S-. The Kier molecular flexibility index (Phi) is 5.76. The third kappa shape index (κ3) is 5.32. The number of benzene rings is 2. The molecule has 0 fully saturated rings. The Morgan fingerprint density at radius 3 is 2.32 bits per heavy atom. The lowest BCUT2D eigenvalue weighted by Crippen LogP contribution is -2.37. The van der Waals surface area contributed by atoms with Crippen LogP contribution in [-0.4, -0.2) is 26.7 Å². The molecule has 1 atom stereocenters. The van der Waals surface area contributed by atoms with Gasteiger partial charge in [-0.15, -0.1) is 0 Å². The highest BCUT2D eigenvalue weighted by molar-refractivity contribution is 7.89. The van der Waals surface area contributed by atoms with Gasteiger partial charge in [-0.2, -0.15) is 13.5 Å². The molecule has 0 saturated heterocycles. The minimum Gasteiger partial charge on any atom is -0.546 e. The molecule has 0 aliphatic heterocycles. The first kappa shape index (κ1) is 18.5. The lowest BCUT2D eigenvalue weighted by atomic mass is 10.2. The second-order valence-corrected chi connectivity index (χ2v) is 6.97. The summed E-state index contributed by atoms with van der Waals surface area (Å²) in [6.07, 6.45) is 0.262. The third-order valence-corrected chi connectivity index (χ3v) is 4.48. The van der Waals surface area contributed by atoms with Gasteiger partial charge in [-0.05, 0) is 55.8 Å². The Labute approximate surface area is 146 Å². The van der Waals surface area contributed by atoms with Crippen molar-refractivity contribution in [1.29, 1.82) is 0 Å². The summed E-state index contributed by atoms with van der Waals surface area (Å²) in [5, 5.41) is 14.3. The zero-order valence-corrected chi connectivity index (χ0v) is 14.5. The van der Waals surface area contributed by atoms with E-state index in [1.807, 2.05) is 6.92 Å². The van der Waals surface area contributed by atoms with Gasteiger partial charge < -0.3 is 14.6 Å². The van der Waals surface area contributed by atoms with Crippen molar-refractivity contribution in [3.63, 3.8) is 0 Å². The van der Waals surface area contributed by atoms with Gasteiger partial charge >= 0.3 is 0 Å². The number of hydrogen-bond donors (Lipinski definition) is 1. The normalized spacial score (nSPS) is 12.7. The molecule has 0 unspecified atom stereocenters. The molecule has 0 amide bonds. The third-order valence-electron chi connectivity index (χ3n) is 3.24. The molecule has 2 aromatic rings. The van der Waals surface area contributed by atoms with Crippen LogP contribution >= 0.6 is 0 Å². The lowest BCUT2D eigenvalue weighted by Gasteiger charge is -2.15. The number of hydrazone groups is 1. The summed E-state index contributed by atoms with van der Waals surface area (Å²) in [6.45, 7) is 3.23. The van der Waals surface area contributed by atoms with E-state index in [-0.39, 0.29) is 4.90 Å². The molecule has 1 N–H and O–H groups in total. The van der Waals surface area contributed by atoms with Gasteiger partial charge in [-0.1, -0.05) is 17.7 Å². The van der Waals surface area contributed by atoms with E-state index in [9.17, 15) is 18.3 Å². The standard InChI is InChI=1S/C17H18N2O5S/c1-12-3-9-16(10-4-12)25(22,23)19-18-11-14-5-7-15(8-6-14)24-13(2)17(20)21/h3-11,13,19H,1-2H3,(H,20,21)/p-1/b18-11-/t13-/m1/s1. The first-order valence-corrected chi connectivity index (χ1v) is 8.85. The number of carbonyl (C=O) groups is 1. The molecule has 0 heterocycles. The predicted octanol–water partition coefficient (Wildman–Crippen LogP) is 0.825. The maximum absolute atomic E-state index is 12.1. The zero-order valence-electron chi connectivity index (χ0n) is 13.7. The minimum absolute atomic E-state index is 0.121. The van der Waals surface area contributed by atoms with Gasteiger partial charge in [-0.3, -0.25) is 0 Å². The topological polar surface area (TPSA) is 108 Å². The number of aryl methyl sites for hydroxylation is 1. The van der Waals surface area contributed by atoms with Crippen molar-refractivity contribution >= 4 is 22.2 Å². The maximum Gasteiger partial charge on any atom is 0.276 e. The molecule has 0 aliphatic carbocycles. The molecule has 8 heteroatoms. The number of carbonyl (C=O) groups excluding carboxylic acids is 1. The van der Waals surface area contributed by atoms with Crippen LogP contribution in [0.15, 0.2) is 58.5 Å². The number of ether oxygens (including phenoxy) is 1. The Hall–Kier alpha value is -2.87. The number of sulfonamides is 1. The van der Waals surface area contributed by atoms with Crippen molar-refractivity contribution in [1.82, 2.24) is 4.83 Å². The fourth-order valence-electron chi connectivity index (χ4n) is 1.83. The van der Waals surface area contributed by atoms with E-state index in [1.165, 1.54) is 25.3 Å². The van der Waals surface area contributed by atoms with E-state index in [2.05, 4.69) is 9.93 Å². The van der Waals surface area contributed by atoms with Crippen molar-refractivity contribution < 1.29 is 23.1 Å². The van der Waals surface area contributed by atoms with Crippen molar-refractivity contribution in [2.24, 2.45) is 5.10 Å². The zero-order chi connectivity index (χ0) is 18.4. The van der Waals surface area contributed by atoms with Crippen LogP contribution in [0.3, 0.4) is 0 Å². The van der Waals surface area contributed by atoms with Gasteiger partial charge in [0.25, 0.3) is 10.0 Å². The number of carboxylic acid groups (broad SMARTS) is 1. The predicted molar refractivity (Wildman–Crippen MR) is 90.6 cm³/mol. The fourth-order valence-corrected chi connectivity index (χ4v) is 2.62. The summed E-state index contributed by atoms with van der Waals surface area (Å²) >= 11 is 0. The monoisotopic (exact) mass is 361 g/mol. The molecule has 0 radical (unpaired) electrons. The highest BCUT2D eigenvalue weighted by Gasteiger charge is 2.11. The number of hydrogen-bond acceptors (Lipinski definition) is 6. The SMILES string of the molecule is Cc1ccc(S(=O)(=O)N/N=C\c2ccc(O[C@H](C)C(=O)[O-])cc2)cc1. The summed E-state index contributed by atoms with van der Waals surface area (Å²) in [7, 11) is -3.73. The quantitative estimate of drug-likeness (QED) is 0.580. The molecular weight excluding hydrogens is 344 g/mol. The summed E-state index contributed by atoms with van der Waals surface area (Å²) < 4.78 is 29.3. The Morgan fingerprint density at radius 2 is 1.76 bits per heavy atom. The average molecular weight is 361 g/mol. The second-order valence-electron chi connectivity index (χ2n) is 5.31. The highest BCUT2D eigenvalue weighted by Crippen LogP contribution is 2.13. The molecule has 2 aromatic carbocycles. The second kappa shape index (κ2) is 7.80. The summed E-state index contributed by atoms with van der Waals surface area (Å²) in [4.78, 5) is 12.9.